The Kier molecular flexibility index (Phi) is 4.08. The van der Waals surface area contributed by atoms with Gasteiger partial charge in [0.05, 0.1) is 0 Å². The number of benzene rings is 1. The van der Waals surface area contributed by atoms with Gasteiger partial charge in [0.15, 0.2) is 5.96 Å². The number of guanidine groups is 1. The molecule has 0 amide bonds. The molecule has 4 nitrogen and oxygen atoms in total. The molecule has 2 aromatic rings. The summed E-state index contributed by atoms with van der Waals surface area (Å²) in [5.74, 6) is 1.03. The van der Waals surface area contributed by atoms with Crippen LogP contribution in [0.5, 0.6) is 0 Å². The SMILES string of the molecule is NC(=NCC1CCC1)NCCc1c[nH]c2cc(F)ccc12. The van der Waals surface area contributed by atoms with Gasteiger partial charge in [-0.25, -0.2) is 4.39 Å². The second-order valence-corrected chi connectivity index (χ2v) is 5.70. The number of nitrogens with two attached hydrogens (primary N) is 1. The van der Waals surface area contributed by atoms with Gasteiger partial charge in [-0.05, 0) is 48.9 Å². The lowest BCUT2D eigenvalue weighted by atomic mass is 9.86. The highest BCUT2D eigenvalue weighted by molar-refractivity contribution is 5.83. The number of halogens is 1. The quantitative estimate of drug-likeness (QED) is 0.585. The van der Waals surface area contributed by atoms with Crippen LogP contribution in [0.4, 0.5) is 4.39 Å². The molecular weight excluding hydrogens is 267 g/mol. The third kappa shape index (κ3) is 3.35. The number of nitrogens with zero attached hydrogens (tertiary/aromatic N) is 1. The zero-order valence-electron chi connectivity index (χ0n) is 12.0. The Bertz CT molecular complexity index is 643. The maximum Gasteiger partial charge on any atom is 0.188 e. The number of H-pyrrole nitrogens is 1. The minimum atomic E-state index is -0.221. The summed E-state index contributed by atoms with van der Waals surface area (Å²) in [6, 6.07) is 4.81. The molecule has 1 aromatic carbocycles. The summed E-state index contributed by atoms with van der Waals surface area (Å²) in [7, 11) is 0. The fraction of sp³-hybridized carbons (Fsp3) is 0.438. The first-order valence-electron chi connectivity index (χ1n) is 7.51. The number of hydrogen-bond donors (Lipinski definition) is 3. The van der Waals surface area contributed by atoms with Crippen LogP contribution in [0.15, 0.2) is 29.4 Å². The summed E-state index contributed by atoms with van der Waals surface area (Å²) >= 11 is 0. The smallest absolute Gasteiger partial charge is 0.188 e. The molecular formula is C16H21FN4. The molecule has 0 aliphatic heterocycles. The van der Waals surface area contributed by atoms with Crippen molar-refractivity contribution in [2.24, 2.45) is 16.6 Å². The number of hydrogen-bond acceptors (Lipinski definition) is 1. The van der Waals surface area contributed by atoms with Crippen molar-refractivity contribution >= 4 is 16.9 Å². The second kappa shape index (κ2) is 6.16. The Labute approximate surface area is 123 Å². The molecule has 1 aliphatic carbocycles. The van der Waals surface area contributed by atoms with E-state index in [0.717, 1.165) is 41.9 Å². The van der Waals surface area contributed by atoms with Gasteiger partial charge < -0.3 is 16.0 Å². The van der Waals surface area contributed by atoms with Gasteiger partial charge in [0.2, 0.25) is 0 Å². The molecule has 112 valence electrons. The van der Waals surface area contributed by atoms with Gasteiger partial charge in [0, 0.05) is 30.2 Å². The Morgan fingerprint density at radius 3 is 3.05 bits per heavy atom. The third-order valence-electron chi connectivity index (χ3n) is 4.17. The summed E-state index contributed by atoms with van der Waals surface area (Å²) in [4.78, 5) is 7.46. The largest absolute Gasteiger partial charge is 0.370 e. The number of aliphatic imine (C=N–C) groups is 1. The van der Waals surface area contributed by atoms with E-state index >= 15 is 0 Å². The molecule has 1 aliphatic rings. The van der Waals surface area contributed by atoms with Crippen LogP contribution in [0.3, 0.4) is 0 Å². The highest BCUT2D eigenvalue weighted by Gasteiger charge is 2.16. The molecule has 0 atom stereocenters. The van der Waals surface area contributed by atoms with Crippen LogP contribution in [0.25, 0.3) is 10.9 Å². The van der Waals surface area contributed by atoms with Gasteiger partial charge in [0.1, 0.15) is 5.82 Å². The van der Waals surface area contributed by atoms with Crippen molar-refractivity contribution in [3.63, 3.8) is 0 Å². The van der Waals surface area contributed by atoms with Gasteiger partial charge in [-0.2, -0.15) is 0 Å². The normalized spacial score (nSPS) is 16.1. The lowest BCUT2D eigenvalue weighted by Crippen LogP contribution is -2.34. The monoisotopic (exact) mass is 288 g/mol. The molecule has 4 N–H and O–H groups in total. The predicted octanol–water partition coefficient (Wildman–Crippen LogP) is 2.55. The second-order valence-electron chi connectivity index (χ2n) is 5.70. The summed E-state index contributed by atoms with van der Waals surface area (Å²) in [5, 5.41) is 4.20. The van der Waals surface area contributed by atoms with Crippen LogP contribution in [-0.4, -0.2) is 24.0 Å². The minimum Gasteiger partial charge on any atom is -0.370 e. The lowest BCUT2D eigenvalue weighted by molar-refractivity contribution is 0.326. The maximum atomic E-state index is 13.1. The van der Waals surface area contributed by atoms with E-state index in [-0.39, 0.29) is 5.82 Å². The molecule has 1 saturated carbocycles. The van der Waals surface area contributed by atoms with E-state index in [1.807, 2.05) is 12.3 Å². The Balaban J connectivity index is 1.51. The zero-order valence-corrected chi connectivity index (χ0v) is 12.0. The van der Waals surface area contributed by atoms with Crippen molar-refractivity contribution in [1.82, 2.24) is 10.3 Å². The average Bonchev–Trinajstić information content (AvgIpc) is 2.79. The third-order valence-corrected chi connectivity index (χ3v) is 4.17. The van der Waals surface area contributed by atoms with Crippen molar-refractivity contribution in [2.45, 2.75) is 25.7 Å². The first-order chi connectivity index (χ1) is 10.2. The van der Waals surface area contributed by atoms with Gasteiger partial charge in [0.25, 0.3) is 0 Å². The first kappa shape index (κ1) is 13.9. The number of rotatable bonds is 5. The van der Waals surface area contributed by atoms with Crippen LogP contribution in [-0.2, 0) is 6.42 Å². The number of fused-ring (bicyclic) bond motifs is 1. The lowest BCUT2D eigenvalue weighted by Gasteiger charge is -2.23. The number of aromatic nitrogens is 1. The van der Waals surface area contributed by atoms with Crippen LogP contribution in [0.2, 0.25) is 0 Å². The van der Waals surface area contributed by atoms with E-state index in [1.165, 1.54) is 31.4 Å². The molecule has 5 heteroatoms. The molecule has 1 fully saturated rings. The number of nitrogens with one attached hydrogen (secondary N) is 2. The van der Waals surface area contributed by atoms with E-state index in [4.69, 9.17) is 5.73 Å². The summed E-state index contributed by atoms with van der Waals surface area (Å²) < 4.78 is 13.1. The minimum absolute atomic E-state index is 0.221. The fourth-order valence-electron chi connectivity index (χ4n) is 2.65. The summed E-state index contributed by atoms with van der Waals surface area (Å²) in [5.41, 5.74) is 7.84. The highest BCUT2D eigenvalue weighted by Crippen LogP contribution is 2.26. The molecule has 0 radical (unpaired) electrons. The van der Waals surface area contributed by atoms with Crippen molar-refractivity contribution in [3.8, 4) is 0 Å². The van der Waals surface area contributed by atoms with E-state index < -0.39 is 0 Å². The summed E-state index contributed by atoms with van der Waals surface area (Å²) in [6.07, 6.45) is 6.64. The van der Waals surface area contributed by atoms with Gasteiger partial charge in [-0.15, -0.1) is 0 Å². The van der Waals surface area contributed by atoms with Crippen molar-refractivity contribution in [2.75, 3.05) is 13.1 Å². The Morgan fingerprint density at radius 2 is 2.29 bits per heavy atom. The van der Waals surface area contributed by atoms with E-state index in [9.17, 15) is 4.39 Å². The molecule has 3 rings (SSSR count). The summed E-state index contributed by atoms with van der Waals surface area (Å²) in [6.45, 7) is 1.57. The van der Waals surface area contributed by atoms with Crippen LogP contribution in [0, 0.1) is 11.7 Å². The molecule has 1 heterocycles. The standard InChI is InChI=1S/C16H21FN4/c17-13-4-5-14-12(10-20-15(14)8-13)6-7-19-16(18)21-9-11-2-1-3-11/h4-5,8,10-11,20H,1-3,6-7,9H2,(H3,18,19,21). The molecule has 0 unspecified atom stereocenters. The number of aromatic amines is 1. The molecule has 0 bridgehead atoms. The van der Waals surface area contributed by atoms with E-state index in [0.29, 0.717) is 5.96 Å². The Morgan fingerprint density at radius 1 is 1.43 bits per heavy atom. The maximum absolute atomic E-state index is 13.1. The topological polar surface area (TPSA) is 66.2 Å². The Hall–Kier alpha value is -2.04. The average molecular weight is 288 g/mol. The molecule has 0 saturated heterocycles. The van der Waals surface area contributed by atoms with Gasteiger partial charge >= 0.3 is 0 Å². The van der Waals surface area contributed by atoms with Crippen LogP contribution >= 0.6 is 0 Å². The van der Waals surface area contributed by atoms with E-state index in [2.05, 4.69) is 15.3 Å². The molecule has 21 heavy (non-hydrogen) atoms. The predicted molar refractivity (Wildman–Crippen MR) is 83.8 cm³/mol. The van der Waals surface area contributed by atoms with Gasteiger partial charge in [-0.3, -0.25) is 4.99 Å². The van der Waals surface area contributed by atoms with Crippen molar-refractivity contribution < 1.29 is 4.39 Å². The first-order valence-corrected chi connectivity index (χ1v) is 7.51. The van der Waals surface area contributed by atoms with Crippen molar-refractivity contribution in [1.29, 1.82) is 0 Å². The zero-order chi connectivity index (χ0) is 14.7. The van der Waals surface area contributed by atoms with Crippen molar-refractivity contribution in [3.05, 3.63) is 35.8 Å². The molecule has 1 aromatic heterocycles. The van der Waals surface area contributed by atoms with Crippen LogP contribution < -0.4 is 11.1 Å². The van der Waals surface area contributed by atoms with Gasteiger partial charge in [-0.1, -0.05) is 6.42 Å². The molecule has 0 spiro atoms. The van der Waals surface area contributed by atoms with Crippen LogP contribution in [0.1, 0.15) is 24.8 Å². The van der Waals surface area contributed by atoms with E-state index in [1.54, 1.807) is 0 Å². The highest BCUT2D eigenvalue weighted by atomic mass is 19.1. The fourth-order valence-corrected chi connectivity index (χ4v) is 2.65.